The van der Waals surface area contributed by atoms with Crippen molar-refractivity contribution in [3.05, 3.63) is 76.6 Å². The first-order valence-electron chi connectivity index (χ1n) is 9.04. The van der Waals surface area contributed by atoms with E-state index in [0.29, 0.717) is 24.2 Å². The smallest absolute Gasteiger partial charge is 0.295 e. The second kappa shape index (κ2) is 8.35. The number of aliphatic hydroxyl groups excluding tert-OH is 1. The maximum absolute atomic E-state index is 13.4. The maximum Gasteiger partial charge on any atom is 0.295 e. The lowest BCUT2D eigenvalue weighted by Crippen LogP contribution is -2.31. The van der Waals surface area contributed by atoms with E-state index in [2.05, 4.69) is 0 Å². The van der Waals surface area contributed by atoms with Gasteiger partial charge in [0, 0.05) is 25.8 Å². The molecule has 28 heavy (non-hydrogen) atoms. The van der Waals surface area contributed by atoms with E-state index in [1.165, 1.54) is 29.2 Å². The topological polar surface area (TPSA) is 66.8 Å². The van der Waals surface area contributed by atoms with Crippen LogP contribution in [0.4, 0.5) is 4.39 Å². The predicted molar refractivity (Wildman–Crippen MR) is 103 cm³/mol. The van der Waals surface area contributed by atoms with E-state index in [4.69, 9.17) is 4.74 Å². The number of hydrogen-bond donors (Lipinski definition) is 1. The summed E-state index contributed by atoms with van der Waals surface area (Å²) in [6, 6.07) is 11.9. The van der Waals surface area contributed by atoms with Crippen molar-refractivity contribution in [2.24, 2.45) is 0 Å². The molecule has 0 spiro atoms. The summed E-state index contributed by atoms with van der Waals surface area (Å²) in [5, 5.41) is 10.9. The highest BCUT2D eigenvalue weighted by Gasteiger charge is 2.45. The molecule has 1 amide bonds. The minimum atomic E-state index is -0.779. The van der Waals surface area contributed by atoms with Crippen LogP contribution in [0.1, 0.15) is 29.2 Å². The van der Waals surface area contributed by atoms with Gasteiger partial charge in [-0.05, 0) is 31.0 Å². The Labute approximate surface area is 163 Å². The Bertz CT molecular complexity index is 903. The van der Waals surface area contributed by atoms with E-state index in [-0.39, 0.29) is 17.9 Å². The Morgan fingerprint density at radius 2 is 1.75 bits per heavy atom. The van der Waals surface area contributed by atoms with Gasteiger partial charge in [-0.15, -0.1) is 0 Å². The molecule has 1 aliphatic heterocycles. The van der Waals surface area contributed by atoms with E-state index < -0.39 is 23.5 Å². The Balaban J connectivity index is 2.10. The van der Waals surface area contributed by atoms with Crippen LogP contribution in [0.5, 0.6) is 0 Å². The summed E-state index contributed by atoms with van der Waals surface area (Å²) in [4.78, 5) is 26.8. The molecule has 0 aromatic heterocycles. The molecule has 1 atom stereocenters. The van der Waals surface area contributed by atoms with Crippen molar-refractivity contribution in [3.63, 3.8) is 0 Å². The number of benzene rings is 2. The zero-order valence-electron chi connectivity index (χ0n) is 15.8. The number of likely N-dealkylation sites (tertiary alicyclic amines) is 1. The van der Waals surface area contributed by atoms with Crippen molar-refractivity contribution >= 4 is 17.4 Å². The zero-order chi connectivity index (χ0) is 20.3. The van der Waals surface area contributed by atoms with Gasteiger partial charge in [0.1, 0.15) is 11.6 Å². The molecule has 0 bridgehead atoms. The number of ketones is 1. The van der Waals surface area contributed by atoms with Crippen LogP contribution < -0.4 is 0 Å². The summed E-state index contributed by atoms with van der Waals surface area (Å²) in [6.07, 6.45) is 0.534. The first-order chi connectivity index (χ1) is 13.4. The minimum absolute atomic E-state index is 0.0119. The van der Waals surface area contributed by atoms with Crippen molar-refractivity contribution < 1.29 is 23.8 Å². The number of carbonyl (C=O) groups excluding carboxylic acids is 2. The molecular formula is C22H22FNO4. The number of aliphatic hydroxyl groups is 1. The van der Waals surface area contributed by atoms with Gasteiger partial charge in [-0.2, -0.15) is 0 Å². The Morgan fingerprint density at radius 3 is 2.36 bits per heavy atom. The lowest BCUT2D eigenvalue weighted by Gasteiger charge is -2.25. The van der Waals surface area contributed by atoms with Crippen LogP contribution in [0, 0.1) is 12.7 Å². The summed E-state index contributed by atoms with van der Waals surface area (Å²) in [5.74, 6) is -2.08. The fraction of sp³-hybridized carbons (Fsp3) is 0.273. The molecule has 5 nitrogen and oxygen atoms in total. The van der Waals surface area contributed by atoms with Gasteiger partial charge in [-0.25, -0.2) is 4.39 Å². The summed E-state index contributed by atoms with van der Waals surface area (Å²) in [5.41, 5.74) is 2.03. The molecule has 146 valence electrons. The van der Waals surface area contributed by atoms with Crippen LogP contribution in [-0.2, 0) is 14.3 Å². The number of Topliss-reactive ketones (excluding diaryl/α,β-unsaturated/α-hetero) is 1. The number of carbonyl (C=O) groups is 2. The third-order valence-electron chi connectivity index (χ3n) is 4.80. The molecule has 0 aliphatic carbocycles. The number of halogens is 1. The van der Waals surface area contributed by atoms with Crippen molar-refractivity contribution in [2.45, 2.75) is 19.4 Å². The molecule has 1 heterocycles. The van der Waals surface area contributed by atoms with E-state index >= 15 is 0 Å². The van der Waals surface area contributed by atoms with Gasteiger partial charge >= 0.3 is 0 Å². The molecule has 3 rings (SSSR count). The number of rotatable bonds is 6. The van der Waals surface area contributed by atoms with Crippen LogP contribution in [0.3, 0.4) is 0 Å². The first kappa shape index (κ1) is 19.8. The van der Waals surface area contributed by atoms with Gasteiger partial charge in [-0.3, -0.25) is 9.59 Å². The molecule has 1 fully saturated rings. The van der Waals surface area contributed by atoms with Crippen molar-refractivity contribution in [3.8, 4) is 0 Å². The van der Waals surface area contributed by atoms with Gasteiger partial charge in [0.25, 0.3) is 11.7 Å². The Hall–Kier alpha value is -2.99. The number of aryl methyl sites for hydroxylation is 1. The zero-order valence-corrected chi connectivity index (χ0v) is 15.8. The highest BCUT2D eigenvalue weighted by Crippen LogP contribution is 2.39. The molecule has 2 aromatic carbocycles. The van der Waals surface area contributed by atoms with Gasteiger partial charge in [0.15, 0.2) is 0 Å². The molecule has 0 saturated carbocycles. The van der Waals surface area contributed by atoms with Gasteiger partial charge < -0.3 is 14.7 Å². The second-order valence-corrected chi connectivity index (χ2v) is 6.76. The maximum atomic E-state index is 13.4. The van der Waals surface area contributed by atoms with Gasteiger partial charge in [0.05, 0.1) is 11.6 Å². The fourth-order valence-electron chi connectivity index (χ4n) is 3.35. The number of ether oxygens (including phenoxy) is 1. The highest BCUT2D eigenvalue weighted by molar-refractivity contribution is 6.46. The number of hydrogen-bond acceptors (Lipinski definition) is 4. The summed E-state index contributed by atoms with van der Waals surface area (Å²) < 4.78 is 18.4. The van der Waals surface area contributed by atoms with Crippen LogP contribution in [0.15, 0.2) is 54.1 Å². The standard InChI is InChI=1S/C22H22FNO4/c1-14-4-6-16(7-5-14)20(25)18-19(15-8-10-17(23)11-9-15)24(12-3-13-28-2)22(27)21(18)26/h4-11,19,25H,3,12-13H2,1-2H3/b20-18-. The second-order valence-electron chi connectivity index (χ2n) is 6.76. The Kier molecular flexibility index (Phi) is 5.90. The highest BCUT2D eigenvalue weighted by atomic mass is 19.1. The third kappa shape index (κ3) is 3.82. The monoisotopic (exact) mass is 383 g/mol. The molecule has 0 radical (unpaired) electrons. The molecule has 6 heteroatoms. The molecule has 1 saturated heterocycles. The summed E-state index contributed by atoms with van der Waals surface area (Å²) >= 11 is 0. The van der Waals surface area contributed by atoms with Crippen molar-refractivity contribution in [1.82, 2.24) is 4.90 Å². The minimum Gasteiger partial charge on any atom is -0.507 e. The van der Waals surface area contributed by atoms with Crippen LogP contribution in [0.2, 0.25) is 0 Å². The van der Waals surface area contributed by atoms with E-state index in [0.717, 1.165) is 5.56 Å². The van der Waals surface area contributed by atoms with Crippen LogP contribution in [-0.4, -0.2) is 42.0 Å². The summed E-state index contributed by atoms with van der Waals surface area (Å²) in [6.45, 7) is 2.62. The average molecular weight is 383 g/mol. The van der Waals surface area contributed by atoms with E-state index in [1.54, 1.807) is 19.2 Å². The van der Waals surface area contributed by atoms with Crippen molar-refractivity contribution in [2.75, 3.05) is 20.3 Å². The van der Waals surface area contributed by atoms with Crippen LogP contribution >= 0.6 is 0 Å². The van der Waals surface area contributed by atoms with E-state index in [9.17, 15) is 19.1 Å². The third-order valence-corrected chi connectivity index (χ3v) is 4.80. The predicted octanol–water partition coefficient (Wildman–Crippen LogP) is 3.59. The SMILES string of the molecule is COCCCN1C(=O)C(=O)/C(=C(\O)c2ccc(C)cc2)C1c1ccc(F)cc1. The van der Waals surface area contributed by atoms with E-state index in [1.807, 2.05) is 19.1 Å². The number of nitrogens with zero attached hydrogens (tertiary/aromatic N) is 1. The molecule has 1 aliphatic rings. The molecular weight excluding hydrogens is 361 g/mol. The summed E-state index contributed by atoms with van der Waals surface area (Å²) in [7, 11) is 1.56. The van der Waals surface area contributed by atoms with Gasteiger partial charge in [0.2, 0.25) is 0 Å². The quantitative estimate of drug-likeness (QED) is 0.358. The number of amides is 1. The normalized spacial score (nSPS) is 18.7. The average Bonchev–Trinajstić information content (AvgIpc) is 2.94. The lowest BCUT2D eigenvalue weighted by atomic mass is 9.95. The lowest BCUT2D eigenvalue weighted by molar-refractivity contribution is -0.140. The molecule has 1 unspecified atom stereocenters. The number of methoxy groups -OCH3 is 1. The molecule has 2 aromatic rings. The molecule has 1 N–H and O–H groups in total. The van der Waals surface area contributed by atoms with Crippen LogP contribution in [0.25, 0.3) is 5.76 Å². The van der Waals surface area contributed by atoms with Gasteiger partial charge in [-0.1, -0.05) is 42.0 Å². The Morgan fingerprint density at radius 1 is 1.11 bits per heavy atom. The first-order valence-corrected chi connectivity index (χ1v) is 9.04. The fourth-order valence-corrected chi connectivity index (χ4v) is 3.35. The largest absolute Gasteiger partial charge is 0.507 e. The van der Waals surface area contributed by atoms with Crippen molar-refractivity contribution in [1.29, 1.82) is 0 Å².